The Morgan fingerprint density at radius 3 is 2.80 bits per heavy atom. The summed E-state index contributed by atoms with van der Waals surface area (Å²) in [7, 11) is 0. The number of aromatic nitrogens is 1. The molecule has 0 atom stereocenters. The van der Waals surface area contributed by atoms with Crippen molar-refractivity contribution in [3.63, 3.8) is 0 Å². The first-order chi connectivity index (χ1) is 7.10. The van der Waals surface area contributed by atoms with Gasteiger partial charge in [0.05, 0.1) is 0 Å². The summed E-state index contributed by atoms with van der Waals surface area (Å²) in [5.41, 5.74) is 0.115. The highest BCUT2D eigenvalue weighted by Crippen LogP contribution is 2.41. The summed E-state index contributed by atoms with van der Waals surface area (Å²) in [6.07, 6.45) is 4.77. The van der Waals surface area contributed by atoms with Gasteiger partial charge < -0.3 is 9.84 Å². The van der Waals surface area contributed by atoms with E-state index in [0.717, 1.165) is 18.6 Å². The Kier molecular flexibility index (Phi) is 2.50. The predicted octanol–water partition coefficient (Wildman–Crippen LogP) is 2.46. The standard InChI is InChI=1S/C11H16N2O2/c1-8(14)12-10-7-9(15-13-10)11(2)5-3-4-6-11/h7H,3-6H2,1-2H3,(H,12,13,14). The average molecular weight is 208 g/mol. The van der Waals surface area contributed by atoms with E-state index in [2.05, 4.69) is 17.4 Å². The number of hydrogen-bond donors (Lipinski definition) is 1. The predicted molar refractivity (Wildman–Crippen MR) is 56.6 cm³/mol. The van der Waals surface area contributed by atoms with E-state index in [9.17, 15) is 4.79 Å². The fraction of sp³-hybridized carbons (Fsp3) is 0.636. The molecule has 4 nitrogen and oxygen atoms in total. The maximum absolute atomic E-state index is 10.8. The Bertz CT molecular complexity index is 364. The number of nitrogens with one attached hydrogen (secondary N) is 1. The molecule has 0 spiro atoms. The molecule has 1 amide bonds. The number of carbonyl (C=O) groups is 1. The zero-order chi connectivity index (χ0) is 10.9. The molecule has 2 rings (SSSR count). The SMILES string of the molecule is CC(=O)Nc1cc(C2(C)CCCC2)on1. The summed E-state index contributed by atoms with van der Waals surface area (Å²) >= 11 is 0. The number of carbonyl (C=O) groups excluding carboxylic acids is 1. The van der Waals surface area contributed by atoms with Crippen molar-refractivity contribution in [3.05, 3.63) is 11.8 Å². The first-order valence-electron chi connectivity index (χ1n) is 5.35. The van der Waals surface area contributed by atoms with Gasteiger partial charge in [0.1, 0.15) is 5.76 Å². The van der Waals surface area contributed by atoms with Crippen molar-refractivity contribution < 1.29 is 9.32 Å². The number of hydrogen-bond acceptors (Lipinski definition) is 3. The van der Waals surface area contributed by atoms with Crippen LogP contribution in [0, 0.1) is 0 Å². The van der Waals surface area contributed by atoms with Crippen molar-refractivity contribution >= 4 is 11.7 Å². The quantitative estimate of drug-likeness (QED) is 0.812. The van der Waals surface area contributed by atoms with Crippen LogP contribution in [0.3, 0.4) is 0 Å². The number of nitrogens with zero attached hydrogens (tertiary/aromatic N) is 1. The Balaban J connectivity index is 2.15. The van der Waals surface area contributed by atoms with Crippen molar-refractivity contribution in [1.29, 1.82) is 0 Å². The molecule has 1 saturated carbocycles. The minimum absolute atomic E-state index is 0.115. The van der Waals surface area contributed by atoms with Gasteiger partial charge >= 0.3 is 0 Å². The molecular formula is C11H16N2O2. The van der Waals surface area contributed by atoms with E-state index in [4.69, 9.17) is 4.52 Å². The van der Waals surface area contributed by atoms with Crippen molar-refractivity contribution in [2.75, 3.05) is 5.32 Å². The van der Waals surface area contributed by atoms with E-state index in [1.54, 1.807) is 0 Å². The fourth-order valence-electron chi connectivity index (χ4n) is 2.20. The van der Waals surface area contributed by atoms with Gasteiger partial charge in [0, 0.05) is 18.4 Å². The summed E-state index contributed by atoms with van der Waals surface area (Å²) < 4.78 is 5.29. The van der Waals surface area contributed by atoms with E-state index in [0.29, 0.717) is 5.82 Å². The molecule has 1 N–H and O–H groups in total. The van der Waals surface area contributed by atoms with Crippen molar-refractivity contribution in [2.24, 2.45) is 0 Å². The van der Waals surface area contributed by atoms with Crippen molar-refractivity contribution in [3.8, 4) is 0 Å². The molecule has 0 saturated heterocycles. The molecule has 1 aromatic heterocycles. The third-order valence-electron chi connectivity index (χ3n) is 3.12. The molecular weight excluding hydrogens is 192 g/mol. The fourth-order valence-corrected chi connectivity index (χ4v) is 2.20. The molecule has 0 bridgehead atoms. The van der Waals surface area contributed by atoms with Crippen LogP contribution < -0.4 is 5.32 Å². The lowest BCUT2D eigenvalue weighted by Crippen LogP contribution is -2.15. The van der Waals surface area contributed by atoms with Gasteiger partial charge in [-0.25, -0.2) is 0 Å². The van der Waals surface area contributed by atoms with Crippen molar-refractivity contribution in [1.82, 2.24) is 5.16 Å². The van der Waals surface area contributed by atoms with Gasteiger partial charge in [0.2, 0.25) is 5.91 Å². The Labute approximate surface area is 89.0 Å². The number of rotatable bonds is 2. The summed E-state index contributed by atoms with van der Waals surface area (Å²) in [5, 5.41) is 6.46. The molecule has 82 valence electrons. The molecule has 1 aliphatic carbocycles. The second kappa shape index (κ2) is 3.68. The van der Waals surface area contributed by atoms with Crippen LogP contribution in [0.15, 0.2) is 10.6 Å². The second-order valence-corrected chi connectivity index (χ2v) is 4.53. The third-order valence-corrected chi connectivity index (χ3v) is 3.12. The molecule has 1 aliphatic rings. The highest BCUT2D eigenvalue weighted by Gasteiger charge is 2.34. The highest BCUT2D eigenvalue weighted by molar-refractivity contribution is 5.87. The van der Waals surface area contributed by atoms with Crippen LogP contribution in [-0.2, 0) is 10.2 Å². The molecule has 0 radical (unpaired) electrons. The number of amides is 1. The molecule has 15 heavy (non-hydrogen) atoms. The van der Waals surface area contributed by atoms with E-state index in [1.807, 2.05) is 6.07 Å². The zero-order valence-electron chi connectivity index (χ0n) is 9.17. The second-order valence-electron chi connectivity index (χ2n) is 4.53. The lowest BCUT2D eigenvalue weighted by atomic mass is 9.86. The van der Waals surface area contributed by atoms with Crippen LogP contribution in [-0.4, -0.2) is 11.1 Å². The van der Waals surface area contributed by atoms with Crippen LogP contribution in [0.2, 0.25) is 0 Å². The van der Waals surface area contributed by atoms with Crippen LogP contribution >= 0.6 is 0 Å². The summed E-state index contributed by atoms with van der Waals surface area (Å²) in [6, 6.07) is 1.84. The summed E-state index contributed by atoms with van der Waals surface area (Å²) in [4.78, 5) is 10.8. The minimum Gasteiger partial charge on any atom is -0.359 e. The van der Waals surface area contributed by atoms with Crippen LogP contribution in [0.4, 0.5) is 5.82 Å². The minimum atomic E-state index is -0.119. The molecule has 1 heterocycles. The maximum atomic E-state index is 10.8. The van der Waals surface area contributed by atoms with E-state index >= 15 is 0 Å². The largest absolute Gasteiger partial charge is 0.359 e. The van der Waals surface area contributed by atoms with Gasteiger partial charge in [0.15, 0.2) is 5.82 Å². The molecule has 1 aromatic rings. The topological polar surface area (TPSA) is 55.1 Å². The normalized spacial score (nSPS) is 19.1. The summed E-state index contributed by atoms with van der Waals surface area (Å²) in [6.45, 7) is 3.66. The van der Waals surface area contributed by atoms with E-state index in [-0.39, 0.29) is 11.3 Å². The van der Waals surface area contributed by atoms with Crippen LogP contribution in [0.1, 0.15) is 45.3 Å². The Morgan fingerprint density at radius 2 is 2.20 bits per heavy atom. The molecule has 4 heteroatoms. The molecule has 0 unspecified atom stereocenters. The lowest BCUT2D eigenvalue weighted by molar-refractivity contribution is -0.114. The Morgan fingerprint density at radius 1 is 1.53 bits per heavy atom. The van der Waals surface area contributed by atoms with Crippen molar-refractivity contribution in [2.45, 2.75) is 44.9 Å². The van der Waals surface area contributed by atoms with Gasteiger partial charge in [-0.15, -0.1) is 0 Å². The first kappa shape index (κ1) is 10.2. The van der Waals surface area contributed by atoms with E-state index < -0.39 is 0 Å². The lowest BCUT2D eigenvalue weighted by Gasteiger charge is -2.18. The maximum Gasteiger partial charge on any atom is 0.222 e. The highest BCUT2D eigenvalue weighted by atomic mass is 16.5. The Hall–Kier alpha value is -1.32. The van der Waals surface area contributed by atoms with Gasteiger partial charge in [-0.05, 0) is 12.8 Å². The van der Waals surface area contributed by atoms with Gasteiger partial charge in [-0.1, -0.05) is 24.9 Å². The van der Waals surface area contributed by atoms with Gasteiger partial charge in [0.25, 0.3) is 0 Å². The summed E-state index contributed by atoms with van der Waals surface area (Å²) in [5.74, 6) is 1.29. The van der Waals surface area contributed by atoms with E-state index in [1.165, 1.54) is 19.8 Å². The van der Waals surface area contributed by atoms with Gasteiger partial charge in [-0.2, -0.15) is 0 Å². The third kappa shape index (κ3) is 2.03. The average Bonchev–Trinajstić information content (AvgIpc) is 2.74. The first-order valence-corrected chi connectivity index (χ1v) is 5.35. The molecule has 0 aliphatic heterocycles. The van der Waals surface area contributed by atoms with Gasteiger partial charge in [-0.3, -0.25) is 4.79 Å². The van der Waals surface area contributed by atoms with Crippen LogP contribution in [0.5, 0.6) is 0 Å². The molecule has 1 fully saturated rings. The monoisotopic (exact) mass is 208 g/mol. The number of anilines is 1. The van der Waals surface area contributed by atoms with Crippen LogP contribution in [0.25, 0.3) is 0 Å². The molecule has 0 aromatic carbocycles. The smallest absolute Gasteiger partial charge is 0.222 e. The zero-order valence-corrected chi connectivity index (χ0v) is 9.17.